The SMILES string of the molecule is O=C1c2ccccc2C(=O)N1c1cc(Cl)c(OC(F)(F)C(F)(F)Br)c(Cl)c1. The second-order valence-corrected chi connectivity index (χ2v) is 7.16. The van der Waals surface area contributed by atoms with Gasteiger partial charge in [-0.15, -0.1) is 0 Å². The molecule has 0 atom stereocenters. The molecule has 0 N–H and O–H groups in total. The molecule has 1 aliphatic rings. The van der Waals surface area contributed by atoms with Gasteiger partial charge in [-0.25, -0.2) is 4.90 Å². The maximum absolute atomic E-state index is 13.4. The number of anilines is 1. The van der Waals surface area contributed by atoms with Crippen LogP contribution in [0.4, 0.5) is 23.2 Å². The summed E-state index contributed by atoms with van der Waals surface area (Å²) < 4.78 is 56.6. The fraction of sp³-hybridized carbons (Fsp3) is 0.125. The van der Waals surface area contributed by atoms with Gasteiger partial charge in [0.05, 0.1) is 26.9 Å². The second-order valence-electron chi connectivity index (χ2n) is 5.35. The molecule has 0 spiro atoms. The Morgan fingerprint density at radius 3 is 1.78 bits per heavy atom. The molecule has 11 heteroatoms. The van der Waals surface area contributed by atoms with Crippen LogP contribution < -0.4 is 9.64 Å². The number of amides is 2. The number of carbonyl (C=O) groups is 2. The summed E-state index contributed by atoms with van der Waals surface area (Å²) in [5, 5.41) is -1.18. The van der Waals surface area contributed by atoms with Crippen LogP contribution >= 0.6 is 39.1 Å². The number of halogens is 7. The molecule has 1 heterocycles. The Morgan fingerprint density at radius 1 is 0.926 bits per heavy atom. The number of carbonyl (C=O) groups excluding carboxylic acids is 2. The number of imide groups is 1. The van der Waals surface area contributed by atoms with Crippen LogP contribution in [-0.4, -0.2) is 22.8 Å². The quantitative estimate of drug-likeness (QED) is 0.314. The van der Waals surface area contributed by atoms with Crippen LogP contribution in [0.25, 0.3) is 0 Å². The normalized spacial score (nSPS) is 14.6. The number of hydrogen-bond acceptors (Lipinski definition) is 3. The zero-order valence-corrected chi connectivity index (χ0v) is 15.9. The monoisotopic (exact) mass is 485 g/mol. The Kier molecular flexibility index (Phi) is 4.90. The van der Waals surface area contributed by atoms with Crippen molar-refractivity contribution in [3.63, 3.8) is 0 Å². The van der Waals surface area contributed by atoms with Gasteiger partial charge in [-0.2, -0.15) is 17.6 Å². The molecule has 0 bridgehead atoms. The summed E-state index contributed by atoms with van der Waals surface area (Å²) in [6.07, 6.45) is -4.96. The molecule has 0 unspecified atom stereocenters. The number of fused-ring (bicyclic) bond motifs is 1. The minimum absolute atomic E-state index is 0.127. The lowest BCUT2D eigenvalue weighted by Gasteiger charge is -2.24. The summed E-state index contributed by atoms with van der Waals surface area (Å²) in [5.74, 6) is -2.27. The van der Waals surface area contributed by atoms with Gasteiger partial charge in [-0.1, -0.05) is 35.3 Å². The molecule has 2 aromatic rings. The third kappa shape index (κ3) is 3.39. The first kappa shape index (κ1) is 19.9. The van der Waals surface area contributed by atoms with Crippen LogP contribution in [0, 0.1) is 0 Å². The van der Waals surface area contributed by atoms with Gasteiger partial charge in [0, 0.05) is 15.9 Å². The zero-order chi connectivity index (χ0) is 20.1. The molecule has 142 valence electrons. The average Bonchev–Trinajstić information content (AvgIpc) is 2.81. The molecular weight excluding hydrogens is 481 g/mol. The van der Waals surface area contributed by atoms with Crippen molar-refractivity contribution < 1.29 is 31.9 Å². The molecule has 1 aliphatic heterocycles. The van der Waals surface area contributed by atoms with E-state index < -0.39 is 38.5 Å². The fourth-order valence-electron chi connectivity index (χ4n) is 2.38. The molecule has 2 aromatic carbocycles. The van der Waals surface area contributed by atoms with E-state index >= 15 is 0 Å². The highest BCUT2D eigenvalue weighted by molar-refractivity contribution is 9.10. The van der Waals surface area contributed by atoms with Crippen molar-refractivity contribution in [2.75, 3.05) is 4.90 Å². The largest absolute Gasteiger partial charge is 0.475 e. The predicted octanol–water partition coefficient (Wildman–Crippen LogP) is 5.75. The Balaban J connectivity index is 2.00. The van der Waals surface area contributed by atoms with E-state index in [2.05, 4.69) is 4.74 Å². The molecule has 0 saturated carbocycles. The number of nitrogens with zero attached hydrogens (tertiary/aromatic N) is 1. The first-order valence-electron chi connectivity index (χ1n) is 7.04. The lowest BCUT2D eigenvalue weighted by atomic mass is 10.1. The summed E-state index contributed by atoms with van der Waals surface area (Å²) in [6.45, 7) is 0. The molecule has 0 aromatic heterocycles. The molecule has 3 rings (SSSR count). The van der Waals surface area contributed by atoms with Crippen LogP contribution in [0.15, 0.2) is 36.4 Å². The highest BCUT2D eigenvalue weighted by Crippen LogP contribution is 2.46. The summed E-state index contributed by atoms with van der Waals surface area (Å²) >= 11 is 13.2. The molecule has 0 aliphatic carbocycles. The molecule has 0 radical (unpaired) electrons. The fourth-order valence-corrected chi connectivity index (χ4v) is 3.02. The first-order chi connectivity index (χ1) is 12.4. The maximum Gasteiger partial charge on any atom is 0.475 e. The Morgan fingerprint density at radius 2 is 1.37 bits per heavy atom. The molecule has 0 saturated heterocycles. The average molecular weight is 487 g/mol. The molecular formula is C16H6BrCl2F4NO3. The summed E-state index contributed by atoms with van der Waals surface area (Å²) in [5.41, 5.74) is 0.151. The van der Waals surface area contributed by atoms with Gasteiger partial charge in [0.15, 0.2) is 5.75 Å². The van der Waals surface area contributed by atoms with Crippen molar-refractivity contribution in [2.24, 2.45) is 0 Å². The molecule has 2 amide bonds. The minimum Gasteiger partial charge on any atom is -0.424 e. The summed E-state index contributed by atoms with van der Waals surface area (Å²) in [7, 11) is 0. The first-order valence-corrected chi connectivity index (χ1v) is 8.59. The number of alkyl halides is 5. The van der Waals surface area contributed by atoms with E-state index in [0.29, 0.717) is 0 Å². The van der Waals surface area contributed by atoms with Gasteiger partial charge in [0.2, 0.25) is 0 Å². The van der Waals surface area contributed by atoms with Crippen LogP contribution in [0.3, 0.4) is 0 Å². The van der Waals surface area contributed by atoms with Crippen molar-refractivity contribution in [2.45, 2.75) is 10.9 Å². The van der Waals surface area contributed by atoms with E-state index in [1.165, 1.54) is 28.1 Å². The van der Waals surface area contributed by atoms with E-state index in [-0.39, 0.29) is 16.8 Å². The minimum atomic E-state index is -4.96. The van der Waals surface area contributed by atoms with Gasteiger partial charge in [-0.05, 0) is 24.3 Å². The maximum atomic E-state index is 13.4. The molecule has 4 nitrogen and oxygen atoms in total. The van der Waals surface area contributed by atoms with Crippen molar-refractivity contribution >= 4 is 56.6 Å². The van der Waals surface area contributed by atoms with E-state index in [0.717, 1.165) is 17.0 Å². The highest BCUT2D eigenvalue weighted by Gasteiger charge is 2.58. The van der Waals surface area contributed by atoms with Crippen molar-refractivity contribution in [3.8, 4) is 5.75 Å². The lowest BCUT2D eigenvalue weighted by Crippen LogP contribution is -2.40. The van der Waals surface area contributed by atoms with Crippen LogP contribution in [-0.2, 0) is 0 Å². The van der Waals surface area contributed by atoms with Gasteiger partial charge in [0.25, 0.3) is 11.8 Å². The summed E-state index contributed by atoms with van der Waals surface area (Å²) in [4.78, 5) is 20.9. The highest BCUT2D eigenvalue weighted by atomic mass is 79.9. The molecule has 27 heavy (non-hydrogen) atoms. The van der Waals surface area contributed by atoms with E-state index in [1.54, 1.807) is 12.1 Å². The number of hydrogen-bond donors (Lipinski definition) is 0. The Hall–Kier alpha value is -1.84. The van der Waals surface area contributed by atoms with E-state index in [1.807, 2.05) is 0 Å². The Bertz CT molecular complexity index is 907. The van der Waals surface area contributed by atoms with Crippen LogP contribution in [0.1, 0.15) is 20.7 Å². The zero-order valence-electron chi connectivity index (χ0n) is 12.8. The standard InChI is InChI=1S/C16H6BrCl2F4NO3/c17-15(20,21)16(22,23)27-12-10(18)5-7(6-11(12)19)24-13(25)8-3-1-2-4-9(8)14(24)26/h1-6H. The van der Waals surface area contributed by atoms with Crippen molar-refractivity contribution in [3.05, 3.63) is 57.6 Å². The van der Waals surface area contributed by atoms with Crippen molar-refractivity contribution in [1.82, 2.24) is 0 Å². The third-order valence-electron chi connectivity index (χ3n) is 3.60. The predicted molar refractivity (Wildman–Crippen MR) is 93.5 cm³/mol. The van der Waals surface area contributed by atoms with Gasteiger partial charge in [0.1, 0.15) is 0 Å². The van der Waals surface area contributed by atoms with Crippen LogP contribution in [0.5, 0.6) is 5.75 Å². The van der Waals surface area contributed by atoms with Crippen molar-refractivity contribution in [1.29, 1.82) is 0 Å². The second kappa shape index (κ2) is 6.65. The smallest absolute Gasteiger partial charge is 0.424 e. The van der Waals surface area contributed by atoms with E-state index in [4.69, 9.17) is 23.2 Å². The number of benzene rings is 2. The Labute approximate surface area is 167 Å². The number of rotatable bonds is 4. The molecule has 0 fully saturated rings. The third-order valence-corrected chi connectivity index (χ3v) is 4.62. The number of ether oxygens (including phenoxy) is 1. The topological polar surface area (TPSA) is 46.6 Å². The van der Waals surface area contributed by atoms with Gasteiger partial charge in [-0.3, -0.25) is 9.59 Å². The van der Waals surface area contributed by atoms with E-state index in [9.17, 15) is 27.2 Å². The van der Waals surface area contributed by atoms with Gasteiger partial charge >= 0.3 is 10.9 Å². The lowest BCUT2D eigenvalue weighted by molar-refractivity contribution is -0.266. The van der Waals surface area contributed by atoms with Crippen LogP contribution in [0.2, 0.25) is 10.0 Å². The van der Waals surface area contributed by atoms with Gasteiger partial charge < -0.3 is 4.74 Å². The summed E-state index contributed by atoms with van der Waals surface area (Å²) in [6, 6.07) is 7.88.